The normalized spacial score (nSPS) is 20.9. The first-order valence-corrected chi connectivity index (χ1v) is 11.9. The Labute approximate surface area is 186 Å². The van der Waals surface area contributed by atoms with Crippen LogP contribution in [-0.2, 0) is 4.74 Å². The maximum atomic E-state index is 13.5. The molecular formula is C24H39FN4O2. The summed E-state index contributed by atoms with van der Waals surface area (Å²) in [5.74, 6) is 0.597. The van der Waals surface area contributed by atoms with Crippen LogP contribution in [0.25, 0.3) is 0 Å². The molecule has 7 heteroatoms. The minimum atomic E-state index is -0.214. The number of nitrogens with one attached hydrogen (secondary N) is 2. The van der Waals surface area contributed by atoms with Gasteiger partial charge in [0, 0.05) is 39.3 Å². The second kappa shape index (κ2) is 12.4. The second-order valence-corrected chi connectivity index (χ2v) is 8.83. The standard InChI is InChI=1S/C24H39FN4O2/c1-2-26-23(28-19-24(12-15-30)10-4-3-5-11-24)27-18-22(29-13-16-31-17-14-29)20-6-8-21(25)9-7-20/h6-9,22,30H,2-5,10-19H2,1H3,(H2,26,27,28). The van der Waals surface area contributed by atoms with Gasteiger partial charge in [-0.1, -0.05) is 31.4 Å². The number of halogens is 1. The molecule has 1 atom stereocenters. The summed E-state index contributed by atoms with van der Waals surface area (Å²) in [4.78, 5) is 7.32. The van der Waals surface area contributed by atoms with Crippen molar-refractivity contribution >= 4 is 5.96 Å². The third-order valence-electron chi connectivity index (χ3n) is 6.68. The Morgan fingerprint density at radius 2 is 1.87 bits per heavy atom. The van der Waals surface area contributed by atoms with E-state index in [1.54, 1.807) is 0 Å². The smallest absolute Gasteiger partial charge is 0.191 e. The molecule has 2 fully saturated rings. The fraction of sp³-hybridized carbons (Fsp3) is 0.708. The molecule has 174 valence electrons. The Kier molecular flexibility index (Phi) is 9.55. The lowest BCUT2D eigenvalue weighted by molar-refractivity contribution is 0.0170. The molecule has 0 spiro atoms. The Bertz CT molecular complexity index is 665. The number of guanidine groups is 1. The molecule has 2 aliphatic rings. The van der Waals surface area contributed by atoms with Gasteiger partial charge in [-0.25, -0.2) is 4.39 Å². The summed E-state index contributed by atoms with van der Waals surface area (Å²) < 4.78 is 19.0. The van der Waals surface area contributed by atoms with E-state index in [0.29, 0.717) is 6.54 Å². The number of aliphatic imine (C=N–C) groups is 1. The highest BCUT2D eigenvalue weighted by Gasteiger charge is 2.31. The van der Waals surface area contributed by atoms with Crippen molar-refractivity contribution in [1.82, 2.24) is 15.5 Å². The van der Waals surface area contributed by atoms with E-state index in [1.165, 1.54) is 31.4 Å². The lowest BCUT2D eigenvalue weighted by atomic mass is 9.72. The van der Waals surface area contributed by atoms with Crippen LogP contribution in [0.1, 0.15) is 57.1 Å². The Morgan fingerprint density at radius 3 is 2.52 bits per heavy atom. The van der Waals surface area contributed by atoms with E-state index < -0.39 is 0 Å². The number of benzene rings is 1. The summed E-state index contributed by atoms with van der Waals surface area (Å²) in [7, 11) is 0. The number of morpholine rings is 1. The van der Waals surface area contributed by atoms with Crippen LogP contribution in [0.4, 0.5) is 4.39 Å². The SMILES string of the molecule is CCNC(=NCC1(CCO)CCCCC1)NCC(c1ccc(F)cc1)N1CCOCC1. The highest BCUT2D eigenvalue weighted by molar-refractivity contribution is 5.79. The Hall–Kier alpha value is -1.70. The highest BCUT2D eigenvalue weighted by atomic mass is 19.1. The van der Waals surface area contributed by atoms with Crippen molar-refractivity contribution in [3.05, 3.63) is 35.6 Å². The van der Waals surface area contributed by atoms with E-state index in [2.05, 4.69) is 22.5 Å². The van der Waals surface area contributed by atoms with Gasteiger partial charge in [0.05, 0.1) is 19.3 Å². The monoisotopic (exact) mass is 434 g/mol. The summed E-state index contributed by atoms with van der Waals surface area (Å²) in [6.07, 6.45) is 6.84. The molecule has 1 saturated heterocycles. The zero-order chi connectivity index (χ0) is 21.9. The number of nitrogens with zero attached hydrogens (tertiary/aromatic N) is 2. The number of aliphatic hydroxyl groups is 1. The molecule has 0 aromatic heterocycles. The summed E-state index contributed by atoms with van der Waals surface area (Å²) in [5.41, 5.74) is 1.21. The van der Waals surface area contributed by atoms with Crippen LogP contribution in [0.2, 0.25) is 0 Å². The van der Waals surface area contributed by atoms with Crippen LogP contribution in [0.15, 0.2) is 29.3 Å². The number of rotatable bonds is 9. The molecule has 1 aliphatic carbocycles. The van der Waals surface area contributed by atoms with Gasteiger partial charge in [-0.05, 0) is 49.3 Å². The topological polar surface area (TPSA) is 69.1 Å². The first-order valence-electron chi connectivity index (χ1n) is 11.9. The lowest BCUT2D eigenvalue weighted by Crippen LogP contribution is -2.46. The third-order valence-corrected chi connectivity index (χ3v) is 6.68. The average molecular weight is 435 g/mol. The van der Waals surface area contributed by atoms with Gasteiger partial charge < -0.3 is 20.5 Å². The van der Waals surface area contributed by atoms with E-state index in [1.807, 2.05) is 12.1 Å². The highest BCUT2D eigenvalue weighted by Crippen LogP contribution is 2.39. The summed E-state index contributed by atoms with van der Waals surface area (Å²) in [5, 5.41) is 16.5. The first-order chi connectivity index (χ1) is 15.2. The molecule has 3 rings (SSSR count). The van der Waals surface area contributed by atoms with Crippen LogP contribution in [0.5, 0.6) is 0 Å². The predicted octanol–water partition coefficient (Wildman–Crippen LogP) is 3.09. The van der Waals surface area contributed by atoms with E-state index in [0.717, 1.165) is 70.2 Å². The molecule has 3 N–H and O–H groups in total. The fourth-order valence-corrected chi connectivity index (χ4v) is 4.84. The zero-order valence-electron chi connectivity index (χ0n) is 18.9. The van der Waals surface area contributed by atoms with Crippen LogP contribution < -0.4 is 10.6 Å². The molecule has 0 radical (unpaired) electrons. The van der Waals surface area contributed by atoms with Crippen molar-refractivity contribution in [3.8, 4) is 0 Å². The molecule has 6 nitrogen and oxygen atoms in total. The van der Waals surface area contributed by atoms with Crippen molar-refractivity contribution in [2.24, 2.45) is 10.4 Å². The van der Waals surface area contributed by atoms with Crippen molar-refractivity contribution < 1.29 is 14.2 Å². The number of aliphatic hydroxyl groups excluding tert-OH is 1. The largest absolute Gasteiger partial charge is 0.396 e. The van der Waals surface area contributed by atoms with Gasteiger partial charge in [-0.3, -0.25) is 9.89 Å². The van der Waals surface area contributed by atoms with E-state index in [9.17, 15) is 9.50 Å². The van der Waals surface area contributed by atoms with Crippen LogP contribution >= 0.6 is 0 Å². The van der Waals surface area contributed by atoms with Gasteiger partial charge in [0.25, 0.3) is 0 Å². The van der Waals surface area contributed by atoms with Gasteiger partial charge in [0.2, 0.25) is 0 Å². The van der Waals surface area contributed by atoms with Crippen molar-refractivity contribution in [1.29, 1.82) is 0 Å². The average Bonchev–Trinajstić information content (AvgIpc) is 2.80. The number of hydrogen-bond acceptors (Lipinski definition) is 4. The summed E-state index contributed by atoms with van der Waals surface area (Å²) in [6, 6.07) is 6.93. The van der Waals surface area contributed by atoms with Crippen molar-refractivity contribution in [3.63, 3.8) is 0 Å². The number of ether oxygens (including phenoxy) is 1. The van der Waals surface area contributed by atoms with Crippen LogP contribution in [-0.4, -0.2) is 68.5 Å². The molecule has 1 saturated carbocycles. The van der Waals surface area contributed by atoms with E-state index in [-0.39, 0.29) is 23.9 Å². The van der Waals surface area contributed by atoms with E-state index in [4.69, 9.17) is 9.73 Å². The molecule has 0 bridgehead atoms. The summed E-state index contributed by atoms with van der Waals surface area (Å²) >= 11 is 0. The quantitative estimate of drug-likeness (QED) is 0.412. The molecule has 1 aliphatic heterocycles. The van der Waals surface area contributed by atoms with Crippen LogP contribution in [0.3, 0.4) is 0 Å². The zero-order valence-corrected chi connectivity index (χ0v) is 18.9. The Balaban J connectivity index is 1.69. The van der Waals surface area contributed by atoms with Gasteiger partial charge in [0.1, 0.15) is 5.82 Å². The molecule has 0 amide bonds. The molecule has 1 unspecified atom stereocenters. The molecule has 31 heavy (non-hydrogen) atoms. The van der Waals surface area contributed by atoms with Crippen LogP contribution in [0, 0.1) is 11.2 Å². The van der Waals surface area contributed by atoms with E-state index >= 15 is 0 Å². The lowest BCUT2D eigenvalue weighted by Gasteiger charge is -2.36. The predicted molar refractivity (Wildman–Crippen MR) is 123 cm³/mol. The third kappa shape index (κ3) is 7.16. The Morgan fingerprint density at radius 1 is 1.16 bits per heavy atom. The molecule has 1 heterocycles. The maximum Gasteiger partial charge on any atom is 0.191 e. The van der Waals surface area contributed by atoms with Gasteiger partial charge in [-0.2, -0.15) is 0 Å². The first kappa shape index (κ1) is 24.0. The van der Waals surface area contributed by atoms with Crippen molar-refractivity contribution in [2.75, 3.05) is 52.5 Å². The molecular weight excluding hydrogens is 395 g/mol. The minimum Gasteiger partial charge on any atom is -0.396 e. The maximum absolute atomic E-state index is 13.5. The minimum absolute atomic E-state index is 0.120. The summed E-state index contributed by atoms with van der Waals surface area (Å²) in [6.45, 7) is 7.66. The van der Waals surface area contributed by atoms with Gasteiger partial charge in [0.15, 0.2) is 5.96 Å². The van der Waals surface area contributed by atoms with Gasteiger partial charge in [-0.15, -0.1) is 0 Å². The number of hydrogen-bond donors (Lipinski definition) is 3. The second-order valence-electron chi connectivity index (χ2n) is 8.83. The fourth-order valence-electron chi connectivity index (χ4n) is 4.84. The molecule has 1 aromatic carbocycles. The molecule has 1 aromatic rings. The van der Waals surface area contributed by atoms with Gasteiger partial charge >= 0.3 is 0 Å². The van der Waals surface area contributed by atoms with Crippen molar-refractivity contribution in [2.45, 2.75) is 51.5 Å².